The lowest BCUT2D eigenvalue weighted by atomic mass is 10.1. The van der Waals surface area contributed by atoms with Crippen LogP contribution in [0.5, 0.6) is 0 Å². The highest BCUT2D eigenvalue weighted by Crippen LogP contribution is 2.24. The molecule has 1 aromatic heterocycles. The first-order valence-electron chi connectivity index (χ1n) is 5.68. The van der Waals surface area contributed by atoms with Gasteiger partial charge in [-0.05, 0) is 31.5 Å². The van der Waals surface area contributed by atoms with Gasteiger partial charge in [-0.2, -0.15) is 0 Å². The highest BCUT2D eigenvalue weighted by Gasteiger charge is 2.18. The van der Waals surface area contributed by atoms with Crippen molar-refractivity contribution in [2.45, 2.75) is 18.9 Å². The SMILES string of the molecule is Fc1cccc2ncn(C3CCCNC3)c12. The van der Waals surface area contributed by atoms with E-state index < -0.39 is 0 Å². The largest absolute Gasteiger partial charge is 0.324 e. The summed E-state index contributed by atoms with van der Waals surface area (Å²) >= 11 is 0. The summed E-state index contributed by atoms with van der Waals surface area (Å²) < 4.78 is 15.7. The molecule has 0 spiro atoms. The Labute approximate surface area is 93.3 Å². The van der Waals surface area contributed by atoms with Crippen molar-refractivity contribution in [2.24, 2.45) is 0 Å². The normalized spacial score (nSPS) is 21.4. The number of rotatable bonds is 1. The van der Waals surface area contributed by atoms with Gasteiger partial charge >= 0.3 is 0 Å². The van der Waals surface area contributed by atoms with Gasteiger partial charge in [0.1, 0.15) is 11.3 Å². The Morgan fingerprint density at radius 2 is 2.38 bits per heavy atom. The number of nitrogens with one attached hydrogen (secondary N) is 1. The molecule has 0 amide bonds. The molecule has 2 heterocycles. The van der Waals surface area contributed by atoms with E-state index in [1.165, 1.54) is 6.07 Å². The Kier molecular flexibility index (Phi) is 2.36. The minimum atomic E-state index is -0.180. The number of imidazole rings is 1. The standard InChI is InChI=1S/C12H14FN3/c13-10-4-1-5-11-12(10)16(8-15-11)9-3-2-6-14-7-9/h1,4-5,8-9,14H,2-3,6-7H2. The van der Waals surface area contributed by atoms with Crippen LogP contribution in [-0.4, -0.2) is 22.6 Å². The first-order chi connectivity index (χ1) is 7.86. The van der Waals surface area contributed by atoms with E-state index in [0.717, 1.165) is 31.4 Å². The first kappa shape index (κ1) is 9.78. The summed E-state index contributed by atoms with van der Waals surface area (Å²) in [4.78, 5) is 4.25. The van der Waals surface area contributed by atoms with Gasteiger partial charge in [-0.15, -0.1) is 0 Å². The summed E-state index contributed by atoms with van der Waals surface area (Å²) in [5.74, 6) is -0.180. The van der Waals surface area contributed by atoms with Crippen molar-refractivity contribution in [3.63, 3.8) is 0 Å². The number of nitrogens with zero attached hydrogens (tertiary/aromatic N) is 2. The number of piperidine rings is 1. The van der Waals surface area contributed by atoms with Gasteiger partial charge in [0.05, 0.1) is 11.8 Å². The molecule has 1 N–H and O–H groups in total. The Hall–Kier alpha value is -1.42. The second kappa shape index (κ2) is 3.87. The molecule has 16 heavy (non-hydrogen) atoms. The van der Waals surface area contributed by atoms with E-state index in [1.807, 2.05) is 10.6 Å². The zero-order valence-electron chi connectivity index (χ0n) is 8.99. The predicted molar refractivity (Wildman–Crippen MR) is 60.8 cm³/mol. The molecule has 1 aliphatic rings. The molecule has 0 bridgehead atoms. The molecule has 84 valence electrons. The molecule has 1 unspecified atom stereocenters. The van der Waals surface area contributed by atoms with Crippen LogP contribution in [0.15, 0.2) is 24.5 Å². The Morgan fingerprint density at radius 1 is 1.44 bits per heavy atom. The van der Waals surface area contributed by atoms with Crippen LogP contribution < -0.4 is 5.32 Å². The van der Waals surface area contributed by atoms with Gasteiger partial charge in [-0.1, -0.05) is 6.07 Å². The summed E-state index contributed by atoms with van der Waals surface area (Å²) in [5, 5.41) is 3.34. The molecule has 1 aliphatic heterocycles. The lowest BCUT2D eigenvalue weighted by Gasteiger charge is -2.24. The third-order valence-corrected chi connectivity index (χ3v) is 3.21. The highest BCUT2D eigenvalue weighted by molar-refractivity contribution is 5.75. The Balaban J connectivity index is 2.09. The number of hydrogen-bond acceptors (Lipinski definition) is 2. The van der Waals surface area contributed by atoms with Crippen LogP contribution in [-0.2, 0) is 0 Å². The third kappa shape index (κ3) is 1.50. The highest BCUT2D eigenvalue weighted by atomic mass is 19.1. The third-order valence-electron chi connectivity index (χ3n) is 3.21. The zero-order valence-corrected chi connectivity index (χ0v) is 8.99. The van der Waals surface area contributed by atoms with E-state index in [1.54, 1.807) is 12.4 Å². The van der Waals surface area contributed by atoms with Crippen molar-refractivity contribution in [3.05, 3.63) is 30.3 Å². The molecule has 1 saturated heterocycles. The van der Waals surface area contributed by atoms with Crippen LogP contribution in [0.25, 0.3) is 11.0 Å². The van der Waals surface area contributed by atoms with E-state index in [4.69, 9.17) is 0 Å². The summed E-state index contributed by atoms with van der Waals surface area (Å²) in [5.41, 5.74) is 1.38. The predicted octanol–water partition coefficient (Wildman–Crippen LogP) is 2.10. The van der Waals surface area contributed by atoms with Crippen molar-refractivity contribution in [2.75, 3.05) is 13.1 Å². The number of halogens is 1. The van der Waals surface area contributed by atoms with Gasteiger partial charge in [0, 0.05) is 12.6 Å². The fourth-order valence-electron chi connectivity index (χ4n) is 2.39. The maximum absolute atomic E-state index is 13.8. The second-order valence-corrected chi connectivity index (χ2v) is 4.26. The van der Waals surface area contributed by atoms with E-state index in [0.29, 0.717) is 11.6 Å². The maximum atomic E-state index is 13.8. The molecular formula is C12H14FN3. The van der Waals surface area contributed by atoms with Crippen molar-refractivity contribution in [1.29, 1.82) is 0 Å². The van der Waals surface area contributed by atoms with Crippen LogP contribution in [0, 0.1) is 5.82 Å². The molecule has 2 aromatic rings. The lowest BCUT2D eigenvalue weighted by Crippen LogP contribution is -2.31. The first-order valence-corrected chi connectivity index (χ1v) is 5.68. The fourth-order valence-corrected chi connectivity index (χ4v) is 2.39. The topological polar surface area (TPSA) is 29.9 Å². The lowest BCUT2D eigenvalue weighted by molar-refractivity contribution is 0.376. The van der Waals surface area contributed by atoms with E-state index in [2.05, 4.69) is 10.3 Å². The van der Waals surface area contributed by atoms with Crippen molar-refractivity contribution in [3.8, 4) is 0 Å². The molecule has 1 atom stereocenters. The molecule has 0 radical (unpaired) electrons. The van der Waals surface area contributed by atoms with Crippen LogP contribution in [0.2, 0.25) is 0 Å². The number of aromatic nitrogens is 2. The second-order valence-electron chi connectivity index (χ2n) is 4.26. The van der Waals surface area contributed by atoms with E-state index in [9.17, 15) is 4.39 Å². The van der Waals surface area contributed by atoms with Crippen molar-refractivity contribution in [1.82, 2.24) is 14.9 Å². The molecule has 1 fully saturated rings. The van der Waals surface area contributed by atoms with Crippen molar-refractivity contribution >= 4 is 11.0 Å². The van der Waals surface area contributed by atoms with Crippen molar-refractivity contribution < 1.29 is 4.39 Å². The van der Waals surface area contributed by atoms with Crippen LogP contribution >= 0.6 is 0 Å². The molecule has 3 nitrogen and oxygen atoms in total. The Bertz CT molecular complexity index is 500. The average Bonchev–Trinajstić information content (AvgIpc) is 2.75. The number of para-hydroxylation sites is 1. The number of fused-ring (bicyclic) bond motifs is 1. The average molecular weight is 219 g/mol. The van der Waals surface area contributed by atoms with Gasteiger partial charge < -0.3 is 9.88 Å². The fraction of sp³-hybridized carbons (Fsp3) is 0.417. The van der Waals surface area contributed by atoms with Gasteiger partial charge in [-0.25, -0.2) is 9.37 Å². The minimum absolute atomic E-state index is 0.180. The van der Waals surface area contributed by atoms with Crippen LogP contribution in [0.1, 0.15) is 18.9 Å². The number of hydrogen-bond donors (Lipinski definition) is 1. The summed E-state index contributed by atoms with van der Waals surface area (Å²) in [7, 11) is 0. The smallest absolute Gasteiger partial charge is 0.149 e. The molecule has 1 aromatic carbocycles. The summed E-state index contributed by atoms with van der Waals surface area (Å²) in [6, 6.07) is 5.38. The Morgan fingerprint density at radius 3 is 3.19 bits per heavy atom. The quantitative estimate of drug-likeness (QED) is 0.796. The van der Waals surface area contributed by atoms with Gasteiger partial charge in [-0.3, -0.25) is 0 Å². The monoisotopic (exact) mass is 219 g/mol. The molecule has 3 rings (SSSR count). The minimum Gasteiger partial charge on any atom is -0.324 e. The van der Waals surface area contributed by atoms with Crippen LogP contribution in [0.4, 0.5) is 4.39 Å². The zero-order chi connectivity index (χ0) is 11.0. The van der Waals surface area contributed by atoms with Crippen LogP contribution in [0.3, 0.4) is 0 Å². The van der Waals surface area contributed by atoms with E-state index in [-0.39, 0.29) is 5.82 Å². The van der Waals surface area contributed by atoms with Gasteiger partial charge in [0.15, 0.2) is 0 Å². The molecule has 0 saturated carbocycles. The molecule has 4 heteroatoms. The maximum Gasteiger partial charge on any atom is 0.149 e. The summed E-state index contributed by atoms with van der Waals surface area (Å²) in [6.07, 6.45) is 3.98. The van der Waals surface area contributed by atoms with Gasteiger partial charge in [0.25, 0.3) is 0 Å². The summed E-state index contributed by atoms with van der Waals surface area (Å²) in [6.45, 7) is 1.96. The van der Waals surface area contributed by atoms with E-state index >= 15 is 0 Å². The van der Waals surface area contributed by atoms with Gasteiger partial charge in [0.2, 0.25) is 0 Å². The molecular weight excluding hydrogens is 205 g/mol. The molecule has 0 aliphatic carbocycles. The number of benzene rings is 1.